The summed E-state index contributed by atoms with van der Waals surface area (Å²) in [6.45, 7) is 4.55. The molecule has 0 bridgehead atoms. The Morgan fingerprint density at radius 1 is 0.667 bits per heavy atom. The average Bonchev–Trinajstić information content (AvgIpc) is 3.28. The second-order valence-corrected chi connectivity index (χ2v) is 7.80. The lowest BCUT2D eigenvalue weighted by Crippen LogP contribution is -3.00. The summed E-state index contributed by atoms with van der Waals surface area (Å²) in [7, 11) is 0. The number of fused-ring (bicyclic) bond motifs is 2. The minimum absolute atomic E-state index is 0. The van der Waals surface area contributed by atoms with Crippen LogP contribution in [0.2, 0.25) is 0 Å². The van der Waals surface area contributed by atoms with Crippen molar-refractivity contribution in [1.29, 1.82) is 0 Å². The van der Waals surface area contributed by atoms with Crippen molar-refractivity contribution in [2.45, 2.75) is 25.9 Å². The molecule has 2 atom stereocenters. The highest BCUT2D eigenvalue weighted by Crippen LogP contribution is 2.27. The first-order valence-electron chi connectivity index (χ1n) is 10.3. The summed E-state index contributed by atoms with van der Waals surface area (Å²) >= 11 is 0. The van der Waals surface area contributed by atoms with E-state index in [4.69, 9.17) is 0 Å². The third-order valence-corrected chi connectivity index (χ3v) is 6.12. The molecule has 1 heterocycles. The van der Waals surface area contributed by atoms with Gasteiger partial charge in [0.2, 0.25) is 6.33 Å². The molecule has 0 radical (unpaired) electrons. The molecular weight excluding hydrogens is 388 g/mol. The summed E-state index contributed by atoms with van der Waals surface area (Å²) < 4.78 is 4.62. The molecule has 2 nitrogen and oxygen atoms in total. The van der Waals surface area contributed by atoms with Gasteiger partial charge in [-0.1, -0.05) is 84.9 Å². The van der Waals surface area contributed by atoms with Crippen molar-refractivity contribution >= 4 is 21.5 Å². The first-order valence-corrected chi connectivity index (χ1v) is 10.3. The molecule has 3 heteroatoms. The molecule has 5 aromatic rings. The summed E-state index contributed by atoms with van der Waals surface area (Å²) in [5.74, 6) is 0. The molecule has 0 saturated carbocycles. The molecule has 30 heavy (non-hydrogen) atoms. The normalized spacial score (nSPS) is 13.1. The van der Waals surface area contributed by atoms with Crippen LogP contribution >= 0.6 is 0 Å². The van der Waals surface area contributed by atoms with Crippen molar-refractivity contribution in [3.8, 4) is 0 Å². The lowest BCUT2D eigenvalue weighted by Gasteiger charge is -2.13. The van der Waals surface area contributed by atoms with E-state index in [0.717, 1.165) is 0 Å². The van der Waals surface area contributed by atoms with Gasteiger partial charge in [-0.15, -0.1) is 0 Å². The summed E-state index contributed by atoms with van der Waals surface area (Å²) in [6.07, 6.45) is 6.61. The van der Waals surface area contributed by atoms with Crippen molar-refractivity contribution in [3.05, 3.63) is 115 Å². The predicted molar refractivity (Wildman–Crippen MR) is 120 cm³/mol. The van der Waals surface area contributed by atoms with E-state index < -0.39 is 0 Å². The molecule has 0 N–H and O–H groups in total. The number of rotatable bonds is 4. The van der Waals surface area contributed by atoms with Gasteiger partial charge >= 0.3 is 0 Å². The maximum atomic E-state index is 2.31. The van der Waals surface area contributed by atoms with Crippen LogP contribution in [-0.4, -0.2) is 4.57 Å². The summed E-state index contributed by atoms with van der Waals surface area (Å²) in [5.41, 5.74) is 2.70. The number of benzene rings is 4. The van der Waals surface area contributed by atoms with Gasteiger partial charge in [0.05, 0.1) is 0 Å². The summed E-state index contributed by atoms with van der Waals surface area (Å²) in [6, 6.07) is 31.0. The molecule has 5 rings (SSSR count). The molecule has 1 aromatic heterocycles. The molecular formula is C27H25ClN2. The Kier molecular flexibility index (Phi) is 5.61. The van der Waals surface area contributed by atoms with E-state index in [1.165, 1.54) is 32.7 Å². The fourth-order valence-electron chi connectivity index (χ4n) is 4.39. The van der Waals surface area contributed by atoms with Gasteiger partial charge < -0.3 is 12.4 Å². The Hall–Kier alpha value is -3.10. The number of nitrogens with zero attached hydrogens (tertiary/aromatic N) is 2. The lowest BCUT2D eigenvalue weighted by molar-refractivity contribution is -0.709. The minimum atomic E-state index is 0. The number of aromatic nitrogens is 2. The highest BCUT2D eigenvalue weighted by atomic mass is 35.5. The van der Waals surface area contributed by atoms with Crippen molar-refractivity contribution < 1.29 is 17.0 Å². The Morgan fingerprint density at radius 3 is 1.87 bits per heavy atom. The molecule has 150 valence electrons. The SMILES string of the molecule is C[C@H](c1cccc2ccccc12)n1cc[n+]([C@H](C)c2cccc3ccccc23)c1.[Cl-]. The number of imidazole rings is 1. The Balaban J connectivity index is 0.00000218. The zero-order valence-corrected chi connectivity index (χ0v) is 18.0. The summed E-state index contributed by atoms with van der Waals surface area (Å²) in [5, 5.41) is 5.23. The van der Waals surface area contributed by atoms with E-state index in [2.05, 4.69) is 127 Å². The van der Waals surface area contributed by atoms with Crippen LogP contribution in [0.25, 0.3) is 21.5 Å². The Bertz CT molecular complexity index is 1190. The Morgan fingerprint density at radius 2 is 1.20 bits per heavy atom. The standard InChI is InChI=1S/C27H25N2.ClH/c1-20(24-15-7-11-22-9-3-5-13-26(22)24)28-17-18-29(19-28)21(2)25-16-8-12-23-10-4-6-14-27(23)25;/h3-21H,1-2H3;1H/q+1;/p-1/t20-,21-;/m1./s1. The first kappa shape index (κ1) is 20.2. The number of halogens is 1. The summed E-state index contributed by atoms with van der Waals surface area (Å²) in [4.78, 5) is 0. The molecule has 0 saturated heterocycles. The van der Waals surface area contributed by atoms with Crippen LogP contribution in [0.4, 0.5) is 0 Å². The van der Waals surface area contributed by atoms with E-state index in [0.29, 0.717) is 0 Å². The molecule has 0 aliphatic heterocycles. The fourth-order valence-corrected chi connectivity index (χ4v) is 4.39. The van der Waals surface area contributed by atoms with Crippen molar-refractivity contribution in [1.82, 2.24) is 4.57 Å². The van der Waals surface area contributed by atoms with Crippen molar-refractivity contribution in [2.24, 2.45) is 0 Å². The number of hydrogen-bond acceptors (Lipinski definition) is 0. The third-order valence-electron chi connectivity index (χ3n) is 6.12. The minimum Gasteiger partial charge on any atom is -1.00 e. The first-order chi connectivity index (χ1) is 14.2. The van der Waals surface area contributed by atoms with E-state index in [9.17, 15) is 0 Å². The van der Waals surface area contributed by atoms with E-state index >= 15 is 0 Å². The quantitative estimate of drug-likeness (QED) is 0.400. The van der Waals surface area contributed by atoms with Crippen molar-refractivity contribution in [2.75, 3.05) is 0 Å². The third kappa shape index (κ3) is 3.48. The Labute approximate surface area is 183 Å². The largest absolute Gasteiger partial charge is 1.00 e. The topological polar surface area (TPSA) is 8.81 Å². The van der Waals surface area contributed by atoms with Gasteiger partial charge in [0.15, 0.2) is 0 Å². The van der Waals surface area contributed by atoms with Gasteiger partial charge in [0.25, 0.3) is 0 Å². The smallest absolute Gasteiger partial charge is 0.244 e. The highest BCUT2D eigenvalue weighted by Gasteiger charge is 2.20. The van der Waals surface area contributed by atoms with Gasteiger partial charge in [-0.05, 0) is 35.4 Å². The maximum Gasteiger partial charge on any atom is 0.244 e. The van der Waals surface area contributed by atoms with E-state index in [1.807, 2.05) is 0 Å². The number of hydrogen-bond donors (Lipinski definition) is 0. The monoisotopic (exact) mass is 412 g/mol. The lowest BCUT2D eigenvalue weighted by atomic mass is 9.99. The van der Waals surface area contributed by atoms with Crippen LogP contribution in [-0.2, 0) is 0 Å². The van der Waals surface area contributed by atoms with Gasteiger partial charge in [0.1, 0.15) is 24.5 Å². The average molecular weight is 413 g/mol. The van der Waals surface area contributed by atoms with E-state index in [-0.39, 0.29) is 24.5 Å². The van der Waals surface area contributed by atoms with E-state index in [1.54, 1.807) is 0 Å². The second kappa shape index (κ2) is 8.33. The van der Waals surface area contributed by atoms with Crippen LogP contribution in [0.3, 0.4) is 0 Å². The molecule has 0 amide bonds. The fraction of sp³-hybridized carbons (Fsp3) is 0.148. The highest BCUT2D eigenvalue weighted by molar-refractivity contribution is 5.86. The maximum absolute atomic E-state index is 2.31. The van der Waals surface area contributed by atoms with Crippen molar-refractivity contribution in [3.63, 3.8) is 0 Å². The molecule has 0 spiro atoms. The van der Waals surface area contributed by atoms with Gasteiger partial charge in [-0.25, -0.2) is 9.13 Å². The zero-order chi connectivity index (χ0) is 19.8. The molecule has 0 aliphatic rings. The van der Waals surface area contributed by atoms with Gasteiger partial charge in [-0.3, -0.25) is 0 Å². The molecule has 0 aliphatic carbocycles. The molecule has 0 fully saturated rings. The van der Waals surface area contributed by atoms with Crippen LogP contribution < -0.4 is 17.0 Å². The van der Waals surface area contributed by atoms with Crippen LogP contribution in [0, 0.1) is 0 Å². The second-order valence-electron chi connectivity index (χ2n) is 7.80. The van der Waals surface area contributed by atoms with Gasteiger partial charge in [0, 0.05) is 11.1 Å². The van der Waals surface area contributed by atoms with Crippen LogP contribution in [0.15, 0.2) is 104 Å². The van der Waals surface area contributed by atoms with Crippen LogP contribution in [0.1, 0.15) is 37.1 Å². The van der Waals surface area contributed by atoms with Gasteiger partial charge in [-0.2, -0.15) is 0 Å². The predicted octanol–water partition coefficient (Wildman–Crippen LogP) is 3.30. The van der Waals surface area contributed by atoms with Crippen LogP contribution in [0.5, 0.6) is 0 Å². The zero-order valence-electron chi connectivity index (χ0n) is 17.2. The molecule has 0 unspecified atom stereocenters. The molecule has 4 aromatic carbocycles.